The fourth-order valence-electron chi connectivity index (χ4n) is 3.72. The summed E-state index contributed by atoms with van der Waals surface area (Å²) >= 11 is 0. The van der Waals surface area contributed by atoms with Crippen LogP contribution in [0, 0.1) is 0 Å². The third-order valence-corrected chi connectivity index (χ3v) is 5.01. The van der Waals surface area contributed by atoms with Gasteiger partial charge in [-0.1, -0.05) is 5.16 Å². The van der Waals surface area contributed by atoms with E-state index >= 15 is 0 Å². The second-order valence-electron chi connectivity index (χ2n) is 6.49. The summed E-state index contributed by atoms with van der Waals surface area (Å²) in [6, 6.07) is 6.77. The Bertz CT molecular complexity index is 698. The average Bonchev–Trinajstić information content (AvgIpc) is 3.21. The van der Waals surface area contributed by atoms with Crippen molar-refractivity contribution in [3.63, 3.8) is 0 Å². The van der Waals surface area contributed by atoms with E-state index in [4.69, 9.17) is 4.52 Å². The van der Waals surface area contributed by atoms with Crippen LogP contribution in [0.4, 0.5) is 0 Å². The normalized spacial score (nSPS) is 24.1. The van der Waals surface area contributed by atoms with Gasteiger partial charge >= 0.3 is 0 Å². The van der Waals surface area contributed by atoms with Crippen LogP contribution in [0.15, 0.2) is 35.1 Å². The van der Waals surface area contributed by atoms with Gasteiger partial charge in [-0.05, 0) is 37.8 Å². The molecule has 136 valence electrons. The Morgan fingerprint density at radius 1 is 1.20 bits per heavy atom. The Morgan fingerprint density at radius 3 is 2.48 bits per heavy atom. The molecule has 1 amide bonds. The molecule has 2 saturated heterocycles. The molecule has 0 saturated carbocycles. The Balaban J connectivity index is 0.00000113. The minimum Gasteiger partial charge on any atom is -0.355 e. The van der Waals surface area contributed by atoms with Gasteiger partial charge in [0.05, 0.1) is 0 Å². The molecule has 8 heteroatoms. The number of aromatic nitrogens is 2. The second kappa shape index (κ2) is 8.17. The summed E-state index contributed by atoms with van der Waals surface area (Å²) in [6.45, 7) is 0. The molecule has 25 heavy (non-hydrogen) atoms. The predicted octanol–water partition coefficient (Wildman–Crippen LogP) is 2.94. The summed E-state index contributed by atoms with van der Waals surface area (Å²) in [4.78, 5) is 18.5. The molecule has 2 fully saturated rings. The van der Waals surface area contributed by atoms with Crippen LogP contribution in [0.25, 0.3) is 11.3 Å². The first-order valence-electron chi connectivity index (χ1n) is 8.11. The number of fused-ring (bicyclic) bond motifs is 2. The van der Waals surface area contributed by atoms with Crippen molar-refractivity contribution in [1.82, 2.24) is 20.4 Å². The number of amides is 1. The highest BCUT2D eigenvalue weighted by Crippen LogP contribution is 2.30. The topological polar surface area (TPSA) is 71.3 Å². The second-order valence-corrected chi connectivity index (χ2v) is 6.49. The predicted molar refractivity (Wildman–Crippen MR) is 99.3 cm³/mol. The molecule has 2 unspecified atom stereocenters. The highest BCUT2D eigenvalue weighted by Gasteiger charge is 2.37. The first kappa shape index (κ1) is 19.7. The molecule has 0 radical (unpaired) electrons. The standard InChI is InChI=1S/C17H20N4O2.2ClH/c1-21(14-8-12-2-3-13(9-14)19-12)17(22)15-10-16(23-20-15)11-4-6-18-7-5-11;;/h4-7,10,12-14,19H,2-3,8-9H2,1H3;2*1H. The summed E-state index contributed by atoms with van der Waals surface area (Å²) < 4.78 is 5.33. The molecular formula is C17H22Cl2N4O2. The van der Waals surface area contributed by atoms with Crippen LogP contribution in [0.3, 0.4) is 0 Å². The van der Waals surface area contributed by atoms with Crippen LogP contribution in [-0.2, 0) is 0 Å². The molecule has 4 heterocycles. The highest BCUT2D eigenvalue weighted by atomic mass is 35.5. The van der Waals surface area contributed by atoms with Gasteiger partial charge in [-0.15, -0.1) is 24.8 Å². The lowest BCUT2D eigenvalue weighted by Gasteiger charge is -2.35. The van der Waals surface area contributed by atoms with Gasteiger partial charge in [0.25, 0.3) is 5.91 Å². The Morgan fingerprint density at radius 2 is 1.84 bits per heavy atom. The largest absolute Gasteiger partial charge is 0.355 e. The lowest BCUT2D eigenvalue weighted by molar-refractivity contribution is 0.0671. The van der Waals surface area contributed by atoms with Gasteiger partial charge in [0.1, 0.15) is 0 Å². The van der Waals surface area contributed by atoms with Crippen LogP contribution in [0.5, 0.6) is 0 Å². The number of carbonyl (C=O) groups excluding carboxylic acids is 1. The molecule has 2 aliphatic heterocycles. The maximum absolute atomic E-state index is 12.7. The lowest BCUT2D eigenvalue weighted by Crippen LogP contribution is -2.48. The molecule has 4 rings (SSSR count). The van der Waals surface area contributed by atoms with Crippen LogP contribution < -0.4 is 5.32 Å². The van der Waals surface area contributed by atoms with Gasteiger partial charge in [0.15, 0.2) is 11.5 Å². The average molecular weight is 385 g/mol. The minimum absolute atomic E-state index is 0. The third-order valence-electron chi connectivity index (χ3n) is 5.01. The zero-order chi connectivity index (χ0) is 15.8. The fraction of sp³-hybridized carbons (Fsp3) is 0.471. The maximum atomic E-state index is 12.7. The fourth-order valence-corrected chi connectivity index (χ4v) is 3.72. The number of hydrogen-bond donors (Lipinski definition) is 1. The van der Waals surface area contributed by atoms with Gasteiger partial charge in [-0.25, -0.2) is 0 Å². The number of halogens is 2. The van der Waals surface area contributed by atoms with Crippen LogP contribution in [0.1, 0.15) is 36.2 Å². The smallest absolute Gasteiger partial charge is 0.276 e. The number of carbonyl (C=O) groups is 1. The number of hydrogen-bond acceptors (Lipinski definition) is 5. The van der Waals surface area contributed by atoms with Crippen LogP contribution in [-0.4, -0.2) is 46.1 Å². The van der Waals surface area contributed by atoms with Gasteiger partial charge < -0.3 is 14.7 Å². The number of pyridine rings is 1. The van der Waals surface area contributed by atoms with Crippen molar-refractivity contribution in [3.8, 4) is 11.3 Å². The van der Waals surface area contributed by atoms with Crippen LogP contribution >= 0.6 is 24.8 Å². The van der Waals surface area contributed by atoms with E-state index < -0.39 is 0 Å². The summed E-state index contributed by atoms with van der Waals surface area (Å²) in [6.07, 6.45) is 7.87. The maximum Gasteiger partial charge on any atom is 0.276 e. The first-order chi connectivity index (χ1) is 11.2. The molecule has 6 nitrogen and oxygen atoms in total. The molecule has 0 aliphatic carbocycles. The molecular weight excluding hydrogens is 363 g/mol. The Kier molecular flexibility index (Phi) is 6.43. The molecule has 2 aromatic heterocycles. The van der Waals surface area contributed by atoms with Crippen LogP contribution in [0.2, 0.25) is 0 Å². The number of nitrogens with zero attached hydrogens (tertiary/aromatic N) is 3. The summed E-state index contributed by atoms with van der Waals surface area (Å²) in [5.41, 5.74) is 1.24. The summed E-state index contributed by atoms with van der Waals surface area (Å²) in [7, 11) is 1.87. The van der Waals surface area contributed by atoms with E-state index in [2.05, 4.69) is 15.5 Å². The number of rotatable bonds is 3. The van der Waals surface area contributed by atoms with Crippen molar-refractivity contribution in [3.05, 3.63) is 36.3 Å². The molecule has 0 aromatic carbocycles. The number of piperidine rings is 1. The van der Waals surface area contributed by atoms with E-state index in [0.29, 0.717) is 23.5 Å². The zero-order valence-corrected chi connectivity index (χ0v) is 15.6. The van der Waals surface area contributed by atoms with Crippen molar-refractivity contribution in [2.75, 3.05) is 7.05 Å². The van der Waals surface area contributed by atoms with E-state index in [0.717, 1.165) is 18.4 Å². The van der Waals surface area contributed by atoms with Crippen molar-refractivity contribution < 1.29 is 9.32 Å². The molecule has 2 bridgehead atoms. The van der Waals surface area contributed by atoms with Gasteiger partial charge in [-0.2, -0.15) is 0 Å². The third kappa shape index (κ3) is 3.97. The molecule has 1 N–H and O–H groups in total. The van der Waals surface area contributed by atoms with Gasteiger partial charge in [-0.3, -0.25) is 9.78 Å². The van der Waals surface area contributed by atoms with Gasteiger partial charge in [0, 0.05) is 49.2 Å². The van der Waals surface area contributed by atoms with Crippen molar-refractivity contribution in [2.45, 2.75) is 43.8 Å². The first-order valence-corrected chi connectivity index (χ1v) is 8.11. The SMILES string of the molecule is CN(C(=O)c1cc(-c2ccncc2)on1)C1CC2CCC(C1)N2.Cl.Cl. The van der Waals surface area contributed by atoms with E-state index in [1.54, 1.807) is 18.5 Å². The minimum atomic E-state index is -0.0691. The van der Waals surface area contributed by atoms with E-state index in [1.165, 1.54) is 12.8 Å². The monoisotopic (exact) mass is 384 g/mol. The van der Waals surface area contributed by atoms with E-state index in [1.807, 2.05) is 24.1 Å². The lowest BCUT2D eigenvalue weighted by atomic mass is 9.98. The van der Waals surface area contributed by atoms with E-state index in [-0.39, 0.29) is 36.8 Å². The quantitative estimate of drug-likeness (QED) is 0.880. The zero-order valence-electron chi connectivity index (χ0n) is 13.9. The molecule has 2 aliphatic rings. The highest BCUT2D eigenvalue weighted by molar-refractivity contribution is 5.93. The Labute approximate surface area is 159 Å². The van der Waals surface area contributed by atoms with E-state index in [9.17, 15) is 4.79 Å². The Hall–Kier alpha value is -1.63. The summed E-state index contributed by atoms with van der Waals surface area (Å²) in [5.74, 6) is 0.523. The summed E-state index contributed by atoms with van der Waals surface area (Å²) in [5, 5.41) is 7.56. The molecule has 2 aromatic rings. The molecule has 0 spiro atoms. The van der Waals surface area contributed by atoms with Crippen molar-refractivity contribution in [1.29, 1.82) is 0 Å². The van der Waals surface area contributed by atoms with Crippen molar-refractivity contribution >= 4 is 30.7 Å². The molecule has 2 atom stereocenters. The van der Waals surface area contributed by atoms with Crippen molar-refractivity contribution in [2.24, 2.45) is 0 Å². The number of nitrogens with one attached hydrogen (secondary N) is 1. The van der Waals surface area contributed by atoms with Gasteiger partial charge in [0.2, 0.25) is 0 Å².